The number of hydrogen-bond acceptors (Lipinski definition) is 3. The minimum absolute atomic E-state index is 0.00128. The molecule has 4 nitrogen and oxygen atoms in total. The van der Waals surface area contributed by atoms with Crippen molar-refractivity contribution in [1.82, 2.24) is 9.97 Å². The van der Waals surface area contributed by atoms with Crippen molar-refractivity contribution >= 4 is 50.7 Å². The maximum Gasteiger partial charge on any atom is 0.260 e. The predicted octanol–water partition coefficient (Wildman–Crippen LogP) is 6.16. The molecular formula is C16H20BrCl2N3O. The average Bonchev–Trinajstić information content (AvgIpc) is 2.55. The molecule has 0 saturated heterocycles. The minimum atomic E-state index is -0.392. The third-order valence-electron chi connectivity index (χ3n) is 2.42. The number of anilines is 1. The first-order valence-electron chi connectivity index (χ1n) is 7.23. The number of nitrogens with one attached hydrogen (secondary N) is 1. The summed E-state index contributed by atoms with van der Waals surface area (Å²) in [5, 5.41) is 2.78. The number of benzene rings is 1. The van der Waals surface area contributed by atoms with Crippen LogP contribution in [0.5, 0.6) is 0 Å². The van der Waals surface area contributed by atoms with E-state index in [0.717, 1.165) is 10.0 Å². The number of aromatic nitrogens is 2. The quantitative estimate of drug-likeness (QED) is 0.467. The molecule has 0 aliphatic heterocycles. The van der Waals surface area contributed by atoms with Gasteiger partial charge in [-0.3, -0.25) is 4.79 Å². The van der Waals surface area contributed by atoms with Crippen LogP contribution in [0.25, 0.3) is 0 Å². The van der Waals surface area contributed by atoms with Gasteiger partial charge in [0.15, 0.2) is 0 Å². The normalized spacial score (nSPS) is 9.04. The van der Waals surface area contributed by atoms with E-state index in [2.05, 4.69) is 31.2 Å². The van der Waals surface area contributed by atoms with Gasteiger partial charge in [-0.2, -0.15) is 0 Å². The van der Waals surface area contributed by atoms with Gasteiger partial charge in [-0.25, -0.2) is 9.97 Å². The van der Waals surface area contributed by atoms with Gasteiger partial charge in [-0.15, -0.1) is 0 Å². The van der Waals surface area contributed by atoms with Gasteiger partial charge in [-0.1, -0.05) is 51.4 Å². The van der Waals surface area contributed by atoms with Gasteiger partial charge in [0.2, 0.25) is 5.28 Å². The Morgan fingerprint density at radius 2 is 1.78 bits per heavy atom. The van der Waals surface area contributed by atoms with Crippen molar-refractivity contribution in [1.29, 1.82) is 0 Å². The van der Waals surface area contributed by atoms with Crippen molar-refractivity contribution in [3.8, 4) is 0 Å². The summed E-state index contributed by atoms with van der Waals surface area (Å²) in [7, 11) is 0. The minimum Gasteiger partial charge on any atom is -0.321 e. The maximum absolute atomic E-state index is 12.1. The smallest absolute Gasteiger partial charge is 0.260 e. The number of amides is 1. The molecule has 0 aliphatic carbocycles. The van der Waals surface area contributed by atoms with Gasteiger partial charge in [0.1, 0.15) is 5.15 Å². The summed E-state index contributed by atoms with van der Waals surface area (Å²) in [6, 6.07) is 5.61. The van der Waals surface area contributed by atoms with Crippen LogP contribution in [0.1, 0.15) is 43.6 Å². The molecule has 1 aromatic carbocycles. The second-order valence-corrected chi connectivity index (χ2v) is 5.28. The zero-order chi connectivity index (χ0) is 18.0. The van der Waals surface area contributed by atoms with Gasteiger partial charge < -0.3 is 5.32 Å². The monoisotopic (exact) mass is 419 g/mol. The molecule has 23 heavy (non-hydrogen) atoms. The number of rotatable bonds is 2. The van der Waals surface area contributed by atoms with Gasteiger partial charge in [0.25, 0.3) is 5.91 Å². The van der Waals surface area contributed by atoms with Crippen molar-refractivity contribution in [2.75, 3.05) is 5.32 Å². The zero-order valence-corrected chi connectivity index (χ0v) is 16.8. The molecular weight excluding hydrogens is 401 g/mol. The molecule has 0 aliphatic rings. The van der Waals surface area contributed by atoms with E-state index in [0.29, 0.717) is 5.69 Å². The summed E-state index contributed by atoms with van der Waals surface area (Å²) in [5.41, 5.74) is 1.77. The van der Waals surface area contributed by atoms with Crippen LogP contribution in [-0.2, 0) is 0 Å². The largest absolute Gasteiger partial charge is 0.321 e. The summed E-state index contributed by atoms with van der Waals surface area (Å²) < 4.78 is 0.784. The lowest BCUT2D eigenvalue weighted by Crippen LogP contribution is -2.14. The van der Waals surface area contributed by atoms with E-state index in [4.69, 9.17) is 23.2 Å². The first-order chi connectivity index (χ1) is 11.0. The molecule has 0 fully saturated rings. The van der Waals surface area contributed by atoms with Crippen LogP contribution in [0.3, 0.4) is 0 Å². The summed E-state index contributed by atoms with van der Waals surface area (Å²) in [6.45, 7) is 9.89. The summed E-state index contributed by atoms with van der Waals surface area (Å²) in [6.07, 6.45) is 1.29. The van der Waals surface area contributed by atoms with Crippen LogP contribution in [0.2, 0.25) is 10.4 Å². The number of para-hydroxylation sites is 1. The number of nitrogens with zero attached hydrogens (tertiary/aromatic N) is 2. The van der Waals surface area contributed by atoms with Gasteiger partial charge in [0.05, 0.1) is 11.3 Å². The summed E-state index contributed by atoms with van der Waals surface area (Å²) in [4.78, 5) is 19.6. The Kier molecular flexibility index (Phi) is 10.8. The Balaban J connectivity index is 0.00000112. The fraction of sp³-hybridized carbons (Fsp3) is 0.312. The van der Waals surface area contributed by atoms with E-state index >= 15 is 0 Å². The van der Waals surface area contributed by atoms with Crippen molar-refractivity contribution < 1.29 is 4.79 Å². The van der Waals surface area contributed by atoms with Crippen LogP contribution in [0, 0.1) is 6.92 Å². The fourth-order valence-corrected chi connectivity index (χ4v) is 2.42. The predicted molar refractivity (Wildman–Crippen MR) is 102 cm³/mol. The highest BCUT2D eigenvalue weighted by Gasteiger charge is 2.15. The molecule has 1 heterocycles. The van der Waals surface area contributed by atoms with Crippen LogP contribution in [0.15, 0.2) is 28.9 Å². The molecule has 0 unspecified atom stereocenters. The first kappa shape index (κ1) is 21.8. The summed E-state index contributed by atoms with van der Waals surface area (Å²) >= 11 is 14.8. The maximum atomic E-state index is 12.1. The van der Waals surface area contributed by atoms with Crippen molar-refractivity contribution in [3.05, 3.63) is 50.4 Å². The van der Waals surface area contributed by atoms with E-state index < -0.39 is 5.91 Å². The van der Waals surface area contributed by atoms with E-state index in [1.807, 2.05) is 52.8 Å². The second kappa shape index (κ2) is 11.4. The molecule has 2 rings (SSSR count). The highest BCUT2D eigenvalue weighted by atomic mass is 79.9. The number of halogens is 3. The molecule has 126 valence electrons. The fourth-order valence-electron chi connectivity index (χ4n) is 1.46. The summed E-state index contributed by atoms with van der Waals surface area (Å²) in [5.74, 6) is -0.392. The van der Waals surface area contributed by atoms with Crippen LogP contribution in [-0.4, -0.2) is 15.9 Å². The standard InChI is InChI=1S/C12H8BrCl2N3O.2C2H6/c1-6-3-2-4-8(13)9(6)17-11(19)7-5-16-12(15)18-10(7)14;2*1-2/h2-5H,1H3,(H,17,19);2*1-2H3. The first-order valence-corrected chi connectivity index (χ1v) is 8.78. The lowest BCUT2D eigenvalue weighted by Gasteiger charge is -2.10. The van der Waals surface area contributed by atoms with Crippen molar-refractivity contribution in [2.24, 2.45) is 0 Å². The van der Waals surface area contributed by atoms with E-state index in [1.165, 1.54) is 6.20 Å². The van der Waals surface area contributed by atoms with Crippen molar-refractivity contribution in [3.63, 3.8) is 0 Å². The SMILES string of the molecule is CC.CC.Cc1cccc(Br)c1NC(=O)c1cnc(Cl)nc1Cl. The van der Waals surface area contributed by atoms with E-state index in [1.54, 1.807) is 0 Å². The number of carbonyl (C=O) groups is 1. The molecule has 0 bridgehead atoms. The third kappa shape index (κ3) is 6.45. The second-order valence-electron chi connectivity index (χ2n) is 3.73. The van der Waals surface area contributed by atoms with E-state index in [9.17, 15) is 4.79 Å². The number of hydrogen-bond donors (Lipinski definition) is 1. The third-order valence-corrected chi connectivity index (χ3v) is 3.55. The van der Waals surface area contributed by atoms with Crippen LogP contribution in [0.4, 0.5) is 5.69 Å². The Morgan fingerprint density at radius 3 is 2.30 bits per heavy atom. The molecule has 7 heteroatoms. The van der Waals surface area contributed by atoms with Crippen molar-refractivity contribution in [2.45, 2.75) is 34.6 Å². The average molecular weight is 421 g/mol. The highest BCUT2D eigenvalue weighted by Crippen LogP contribution is 2.27. The van der Waals surface area contributed by atoms with E-state index in [-0.39, 0.29) is 16.0 Å². The lowest BCUT2D eigenvalue weighted by molar-refractivity contribution is 0.102. The Labute approximate surface area is 155 Å². The highest BCUT2D eigenvalue weighted by molar-refractivity contribution is 9.10. The molecule has 0 atom stereocenters. The molecule has 2 aromatic rings. The Bertz CT molecular complexity index is 631. The molecule has 1 amide bonds. The number of aryl methyl sites for hydroxylation is 1. The van der Waals surface area contributed by atoms with Gasteiger partial charge >= 0.3 is 0 Å². The number of carbonyl (C=O) groups excluding carboxylic acids is 1. The topological polar surface area (TPSA) is 54.9 Å². The van der Waals surface area contributed by atoms with Crippen LogP contribution < -0.4 is 5.32 Å². The van der Waals surface area contributed by atoms with Gasteiger partial charge in [-0.05, 0) is 46.1 Å². The van der Waals surface area contributed by atoms with Gasteiger partial charge in [0, 0.05) is 10.7 Å². The lowest BCUT2D eigenvalue weighted by atomic mass is 10.2. The molecule has 0 saturated carbocycles. The zero-order valence-electron chi connectivity index (χ0n) is 13.7. The molecule has 0 spiro atoms. The molecule has 1 aromatic heterocycles. The van der Waals surface area contributed by atoms with Crippen LogP contribution >= 0.6 is 39.1 Å². The Morgan fingerprint density at radius 1 is 1.17 bits per heavy atom. The molecule has 0 radical (unpaired) electrons. The molecule has 1 N–H and O–H groups in total. The Hall–Kier alpha value is -1.17.